The van der Waals surface area contributed by atoms with Gasteiger partial charge >= 0.3 is 12.4 Å². The standard InChI is InChI=1S/C24H22F6N2O4S2/c25-23(26,27)22(34,24(28,29)30)17-6-8-18(9-7-17)32-11-10-31(38(35,36)21-5-2-12-37-21)15-19(32)13-16-3-1-4-20(33)14-16/h1-9,12,14,19,33-34H,10-11,13,15H2. The van der Waals surface area contributed by atoms with Gasteiger partial charge in [0.25, 0.3) is 15.6 Å². The predicted molar refractivity (Wildman–Crippen MR) is 128 cm³/mol. The molecule has 1 aliphatic heterocycles. The van der Waals surface area contributed by atoms with Crippen molar-refractivity contribution in [2.24, 2.45) is 0 Å². The summed E-state index contributed by atoms with van der Waals surface area (Å²) in [6, 6.07) is 12.0. The highest BCUT2D eigenvalue weighted by atomic mass is 32.2. The number of thiophene rings is 1. The largest absolute Gasteiger partial charge is 0.508 e. The monoisotopic (exact) mass is 580 g/mol. The van der Waals surface area contributed by atoms with E-state index in [9.17, 15) is 45.0 Å². The molecule has 38 heavy (non-hydrogen) atoms. The molecule has 1 aromatic heterocycles. The summed E-state index contributed by atoms with van der Waals surface area (Å²) < 4.78 is 107. The van der Waals surface area contributed by atoms with Crippen LogP contribution in [0.5, 0.6) is 5.75 Å². The summed E-state index contributed by atoms with van der Waals surface area (Å²) in [4.78, 5) is 1.69. The number of phenols is 1. The van der Waals surface area contributed by atoms with Gasteiger partial charge in [-0.1, -0.05) is 30.3 Å². The Kier molecular flexibility index (Phi) is 7.47. The number of halogens is 6. The van der Waals surface area contributed by atoms with Gasteiger partial charge in [-0.2, -0.15) is 30.6 Å². The number of benzene rings is 2. The number of hydrogen-bond acceptors (Lipinski definition) is 6. The lowest BCUT2D eigenvalue weighted by atomic mass is 9.92. The van der Waals surface area contributed by atoms with E-state index in [1.54, 1.807) is 28.5 Å². The second-order valence-electron chi connectivity index (χ2n) is 8.77. The first-order valence-electron chi connectivity index (χ1n) is 11.2. The molecule has 2 N–H and O–H groups in total. The van der Waals surface area contributed by atoms with E-state index in [1.807, 2.05) is 0 Å². The maximum Gasteiger partial charge on any atom is 0.430 e. The molecule has 0 bridgehead atoms. The molecule has 6 nitrogen and oxygen atoms in total. The van der Waals surface area contributed by atoms with Gasteiger partial charge in [0.1, 0.15) is 9.96 Å². The van der Waals surface area contributed by atoms with E-state index in [4.69, 9.17) is 0 Å². The molecule has 0 amide bonds. The van der Waals surface area contributed by atoms with E-state index in [-0.39, 0.29) is 41.7 Å². The third-order valence-electron chi connectivity index (χ3n) is 6.35. The lowest BCUT2D eigenvalue weighted by Gasteiger charge is -2.42. The Bertz CT molecular complexity index is 1350. The van der Waals surface area contributed by atoms with E-state index in [0.29, 0.717) is 17.7 Å². The molecule has 3 aromatic rings. The van der Waals surface area contributed by atoms with Crippen molar-refractivity contribution >= 4 is 27.0 Å². The maximum atomic E-state index is 13.3. The lowest BCUT2D eigenvalue weighted by Crippen LogP contribution is -2.55. The first-order chi connectivity index (χ1) is 17.6. The fourth-order valence-corrected chi connectivity index (χ4v) is 7.05. The highest BCUT2D eigenvalue weighted by Gasteiger charge is 2.71. The van der Waals surface area contributed by atoms with Crippen LogP contribution in [0.2, 0.25) is 0 Å². The van der Waals surface area contributed by atoms with Gasteiger partial charge in [0.05, 0.1) is 0 Å². The number of nitrogens with zero attached hydrogens (tertiary/aromatic N) is 2. The molecule has 4 rings (SSSR count). The average molecular weight is 581 g/mol. The molecule has 1 fully saturated rings. The Morgan fingerprint density at radius 3 is 2.13 bits per heavy atom. The van der Waals surface area contributed by atoms with Gasteiger partial charge in [-0.25, -0.2) is 8.42 Å². The van der Waals surface area contributed by atoms with Crippen LogP contribution < -0.4 is 4.90 Å². The highest BCUT2D eigenvalue weighted by molar-refractivity contribution is 7.91. The third kappa shape index (κ3) is 5.22. The second-order valence-corrected chi connectivity index (χ2v) is 11.9. The Balaban J connectivity index is 1.67. The van der Waals surface area contributed by atoms with Crippen molar-refractivity contribution in [2.75, 3.05) is 24.5 Å². The van der Waals surface area contributed by atoms with Crippen molar-refractivity contribution in [1.29, 1.82) is 0 Å². The van der Waals surface area contributed by atoms with Crippen molar-refractivity contribution in [1.82, 2.24) is 4.31 Å². The lowest BCUT2D eigenvalue weighted by molar-refractivity contribution is -0.376. The van der Waals surface area contributed by atoms with Crippen molar-refractivity contribution in [3.8, 4) is 5.75 Å². The number of piperazine rings is 1. The molecule has 1 saturated heterocycles. The number of alkyl halides is 6. The van der Waals surface area contributed by atoms with Crippen LogP contribution in [0.25, 0.3) is 0 Å². The van der Waals surface area contributed by atoms with Crippen molar-refractivity contribution in [3.63, 3.8) is 0 Å². The zero-order valence-electron chi connectivity index (χ0n) is 19.4. The number of aromatic hydroxyl groups is 1. The summed E-state index contributed by atoms with van der Waals surface area (Å²) in [6.45, 7) is 0.0937. The molecule has 1 aliphatic rings. The minimum absolute atomic E-state index is 0.0177. The van der Waals surface area contributed by atoms with Gasteiger partial charge < -0.3 is 15.1 Å². The van der Waals surface area contributed by atoms with Crippen LogP contribution in [0.1, 0.15) is 11.1 Å². The zero-order valence-corrected chi connectivity index (χ0v) is 21.1. The van der Waals surface area contributed by atoms with Gasteiger partial charge in [-0.05, 0) is 47.7 Å². The van der Waals surface area contributed by atoms with Gasteiger partial charge in [0, 0.05) is 36.9 Å². The van der Waals surface area contributed by atoms with Gasteiger partial charge in [0.15, 0.2) is 0 Å². The van der Waals surface area contributed by atoms with Crippen molar-refractivity contribution in [2.45, 2.75) is 34.6 Å². The van der Waals surface area contributed by atoms with Crippen LogP contribution in [0.15, 0.2) is 70.3 Å². The third-order valence-corrected chi connectivity index (χ3v) is 9.59. The van der Waals surface area contributed by atoms with E-state index in [1.165, 1.54) is 22.5 Å². The second kappa shape index (κ2) is 10.1. The Morgan fingerprint density at radius 1 is 0.921 bits per heavy atom. The molecule has 1 atom stereocenters. The average Bonchev–Trinajstić information content (AvgIpc) is 3.38. The summed E-state index contributed by atoms with van der Waals surface area (Å²) in [5.74, 6) is -0.0177. The summed E-state index contributed by atoms with van der Waals surface area (Å²) in [7, 11) is -3.82. The van der Waals surface area contributed by atoms with Gasteiger partial charge in [0.2, 0.25) is 0 Å². The SMILES string of the molecule is O=S(=O)(c1cccs1)N1CCN(c2ccc(C(O)(C(F)(F)F)C(F)(F)F)cc2)C(Cc2cccc(O)c2)C1. The molecular formula is C24H22F6N2O4S2. The fraction of sp³-hybridized carbons (Fsp3) is 0.333. The molecule has 14 heteroatoms. The number of hydrogen-bond donors (Lipinski definition) is 2. The number of aliphatic hydroxyl groups is 1. The van der Waals surface area contributed by atoms with Crippen LogP contribution in [0.4, 0.5) is 32.0 Å². The minimum atomic E-state index is -6.01. The summed E-state index contributed by atoms with van der Waals surface area (Å²) in [5.41, 5.74) is -5.54. The molecule has 0 spiro atoms. The Hall–Kier alpha value is -2.81. The molecule has 1 unspecified atom stereocenters. The van der Waals surface area contributed by atoms with Crippen LogP contribution >= 0.6 is 11.3 Å². The van der Waals surface area contributed by atoms with Gasteiger partial charge in [-0.15, -0.1) is 11.3 Å². The van der Waals surface area contributed by atoms with Crippen molar-refractivity contribution in [3.05, 3.63) is 77.2 Å². The number of phenolic OH excluding ortho intramolecular Hbond substituents is 1. The minimum Gasteiger partial charge on any atom is -0.508 e. The summed E-state index contributed by atoms with van der Waals surface area (Å²) in [6.07, 6.45) is -11.8. The zero-order chi connectivity index (χ0) is 27.9. The normalized spacial score (nSPS) is 18.1. The Morgan fingerprint density at radius 2 is 1.58 bits per heavy atom. The number of anilines is 1. The summed E-state index contributed by atoms with van der Waals surface area (Å²) in [5, 5.41) is 21.2. The smallest absolute Gasteiger partial charge is 0.430 e. The van der Waals surface area contributed by atoms with Crippen molar-refractivity contribution < 1.29 is 45.0 Å². The first kappa shape index (κ1) is 28.2. The van der Waals surface area contributed by atoms with E-state index in [0.717, 1.165) is 23.5 Å². The summed E-state index contributed by atoms with van der Waals surface area (Å²) >= 11 is 1.05. The molecule has 206 valence electrons. The topological polar surface area (TPSA) is 81.1 Å². The van der Waals surface area contributed by atoms with Crippen LogP contribution in [-0.4, -0.2) is 61.0 Å². The first-order valence-corrected chi connectivity index (χ1v) is 13.5. The number of sulfonamides is 1. The van der Waals surface area contributed by atoms with Crippen LogP contribution in [0.3, 0.4) is 0 Å². The Labute approximate surface area is 218 Å². The van der Waals surface area contributed by atoms with Gasteiger partial charge in [-0.3, -0.25) is 0 Å². The van der Waals surface area contributed by atoms with Crippen LogP contribution in [-0.2, 0) is 22.0 Å². The van der Waals surface area contributed by atoms with E-state index < -0.39 is 39.6 Å². The molecule has 2 heterocycles. The molecule has 2 aromatic carbocycles. The number of rotatable bonds is 6. The highest BCUT2D eigenvalue weighted by Crippen LogP contribution is 2.50. The quantitative estimate of drug-likeness (QED) is 0.406. The molecule has 0 radical (unpaired) electrons. The predicted octanol–water partition coefficient (Wildman–Crippen LogP) is 4.89. The molecule has 0 saturated carbocycles. The molecule has 0 aliphatic carbocycles. The van der Waals surface area contributed by atoms with E-state index in [2.05, 4.69) is 0 Å². The fourth-order valence-electron chi connectivity index (χ4n) is 4.43. The van der Waals surface area contributed by atoms with Crippen LogP contribution in [0, 0.1) is 0 Å². The van der Waals surface area contributed by atoms with E-state index >= 15 is 0 Å². The maximum absolute atomic E-state index is 13.3. The molecular weight excluding hydrogens is 558 g/mol.